The third-order valence-corrected chi connectivity index (χ3v) is 4.91. The molecule has 0 aromatic carbocycles. The van der Waals surface area contributed by atoms with Crippen molar-refractivity contribution in [1.82, 2.24) is 24.4 Å². The number of likely N-dealkylation sites (tertiary alicyclic amines) is 1. The topological polar surface area (TPSA) is 58.9 Å². The van der Waals surface area contributed by atoms with Gasteiger partial charge in [0.15, 0.2) is 17.0 Å². The van der Waals surface area contributed by atoms with E-state index >= 15 is 0 Å². The molecule has 2 fully saturated rings. The van der Waals surface area contributed by atoms with Crippen LogP contribution in [0, 0.1) is 0 Å². The zero-order chi connectivity index (χ0) is 17.6. The van der Waals surface area contributed by atoms with Crippen molar-refractivity contribution >= 4 is 17.0 Å². The second kappa shape index (κ2) is 6.12. The third kappa shape index (κ3) is 3.29. The highest BCUT2D eigenvalue weighted by Crippen LogP contribution is 2.33. The Balaban J connectivity index is 1.76. The minimum atomic E-state index is -4.59. The molecule has 1 atom stereocenters. The van der Waals surface area contributed by atoms with E-state index in [1.165, 1.54) is 6.42 Å². The van der Waals surface area contributed by atoms with Gasteiger partial charge in [-0.2, -0.15) is 13.2 Å². The number of imidazole rings is 1. The van der Waals surface area contributed by atoms with Crippen molar-refractivity contribution in [3.05, 3.63) is 12.2 Å². The summed E-state index contributed by atoms with van der Waals surface area (Å²) in [5.41, 5.74) is 0.646. The van der Waals surface area contributed by atoms with Gasteiger partial charge in [-0.1, -0.05) is 6.42 Å². The molecule has 1 unspecified atom stereocenters. The number of halogens is 3. The monoisotopic (exact) mass is 354 g/mol. The SMILES string of the molecule is CC(N1CCCCC1)n1cnc2c(NC3CC3)nc(C(F)(F)F)nc21. The molecule has 0 bridgehead atoms. The fourth-order valence-corrected chi connectivity index (χ4v) is 3.31. The molecular formula is C16H21F3N6. The lowest BCUT2D eigenvalue weighted by molar-refractivity contribution is -0.144. The zero-order valence-electron chi connectivity index (χ0n) is 14.1. The predicted molar refractivity (Wildman–Crippen MR) is 87.1 cm³/mol. The van der Waals surface area contributed by atoms with Crippen molar-refractivity contribution in [2.45, 2.75) is 57.4 Å². The van der Waals surface area contributed by atoms with E-state index < -0.39 is 12.0 Å². The molecule has 2 aromatic heterocycles. The second-order valence-electron chi connectivity index (χ2n) is 6.86. The normalized spacial score (nSPS) is 20.8. The third-order valence-electron chi connectivity index (χ3n) is 4.91. The highest BCUT2D eigenvalue weighted by atomic mass is 19.4. The Morgan fingerprint density at radius 2 is 1.88 bits per heavy atom. The van der Waals surface area contributed by atoms with Crippen LogP contribution in [0.15, 0.2) is 6.33 Å². The Hall–Kier alpha value is -1.90. The standard InChI is InChI=1S/C16H21F3N6/c1-10(24-7-3-2-4-8-24)25-9-20-12-13(21-11-5-6-11)22-15(16(17,18)19)23-14(12)25/h9-11H,2-8H2,1H3,(H,21,22,23). The summed E-state index contributed by atoms with van der Waals surface area (Å²) in [5.74, 6) is -0.930. The van der Waals surface area contributed by atoms with Gasteiger partial charge < -0.3 is 5.32 Å². The molecule has 9 heteroatoms. The van der Waals surface area contributed by atoms with Crippen LogP contribution < -0.4 is 5.32 Å². The number of aromatic nitrogens is 4. The molecule has 1 saturated heterocycles. The average Bonchev–Trinajstić information content (AvgIpc) is 3.30. The molecule has 0 spiro atoms. The first kappa shape index (κ1) is 16.6. The van der Waals surface area contributed by atoms with Gasteiger partial charge in [-0.25, -0.2) is 15.0 Å². The predicted octanol–water partition coefficient (Wildman–Crippen LogP) is 3.42. The minimum Gasteiger partial charge on any atom is -0.365 e. The Morgan fingerprint density at radius 3 is 2.52 bits per heavy atom. The van der Waals surface area contributed by atoms with E-state index in [1.54, 1.807) is 10.9 Å². The van der Waals surface area contributed by atoms with Crippen LogP contribution in [0.3, 0.4) is 0 Å². The summed E-state index contributed by atoms with van der Waals surface area (Å²) in [5, 5.41) is 3.06. The Morgan fingerprint density at radius 1 is 1.16 bits per heavy atom. The smallest absolute Gasteiger partial charge is 0.365 e. The summed E-state index contributed by atoms with van der Waals surface area (Å²) < 4.78 is 41.5. The number of hydrogen-bond donors (Lipinski definition) is 1. The second-order valence-corrected chi connectivity index (χ2v) is 6.86. The Bertz CT molecular complexity index is 761. The maximum Gasteiger partial charge on any atom is 0.451 e. The van der Waals surface area contributed by atoms with E-state index in [1.807, 2.05) is 6.92 Å². The van der Waals surface area contributed by atoms with Gasteiger partial charge in [-0.15, -0.1) is 0 Å². The number of nitrogens with zero attached hydrogens (tertiary/aromatic N) is 5. The number of nitrogens with one attached hydrogen (secondary N) is 1. The van der Waals surface area contributed by atoms with Gasteiger partial charge in [0.2, 0.25) is 5.82 Å². The lowest BCUT2D eigenvalue weighted by atomic mass is 10.1. The van der Waals surface area contributed by atoms with Crippen molar-refractivity contribution in [1.29, 1.82) is 0 Å². The number of fused-ring (bicyclic) bond motifs is 1. The molecular weight excluding hydrogens is 333 g/mol. The molecule has 1 saturated carbocycles. The number of alkyl halides is 3. The maximum atomic E-state index is 13.2. The van der Waals surface area contributed by atoms with Crippen molar-refractivity contribution in [2.75, 3.05) is 18.4 Å². The van der Waals surface area contributed by atoms with Gasteiger partial charge in [-0.3, -0.25) is 9.47 Å². The molecule has 136 valence electrons. The number of hydrogen-bond acceptors (Lipinski definition) is 5. The molecule has 1 aliphatic heterocycles. The van der Waals surface area contributed by atoms with Crippen LogP contribution in [-0.2, 0) is 6.18 Å². The van der Waals surface area contributed by atoms with Gasteiger partial charge >= 0.3 is 6.18 Å². The van der Waals surface area contributed by atoms with Crippen LogP contribution in [-0.4, -0.2) is 43.6 Å². The summed E-state index contributed by atoms with van der Waals surface area (Å²) >= 11 is 0. The Kier molecular flexibility index (Phi) is 4.05. The largest absolute Gasteiger partial charge is 0.451 e. The number of rotatable bonds is 4. The van der Waals surface area contributed by atoms with E-state index in [0.717, 1.165) is 38.8 Å². The van der Waals surface area contributed by atoms with Crippen LogP contribution >= 0.6 is 0 Å². The first-order valence-corrected chi connectivity index (χ1v) is 8.76. The number of anilines is 1. The lowest BCUT2D eigenvalue weighted by Crippen LogP contribution is -2.35. The van der Waals surface area contributed by atoms with Crippen molar-refractivity contribution in [2.24, 2.45) is 0 Å². The first-order valence-electron chi connectivity index (χ1n) is 8.76. The van der Waals surface area contributed by atoms with Gasteiger partial charge in [0.25, 0.3) is 0 Å². The molecule has 25 heavy (non-hydrogen) atoms. The Labute approximate surface area is 143 Å². The molecule has 2 aromatic rings. The summed E-state index contributed by atoms with van der Waals surface area (Å²) in [6, 6.07) is 0.184. The van der Waals surface area contributed by atoms with Crippen LogP contribution in [0.1, 0.15) is 51.0 Å². The van der Waals surface area contributed by atoms with E-state index in [2.05, 4.69) is 25.2 Å². The van der Waals surface area contributed by atoms with Gasteiger partial charge in [0.05, 0.1) is 12.5 Å². The van der Waals surface area contributed by atoms with E-state index in [4.69, 9.17) is 0 Å². The van der Waals surface area contributed by atoms with Crippen LogP contribution in [0.5, 0.6) is 0 Å². The average molecular weight is 354 g/mol. The molecule has 6 nitrogen and oxygen atoms in total. The molecule has 1 N–H and O–H groups in total. The van der Waals surface area contributed by atoms with Crippen molar-refractivity contribution in [3.8, 4) is 0 Å². The van der Waals surface area contributed by atoms with Crippen molar-refractivity contribution in [3.63, 3.8) is 0 Å². The molecule has 3 heterocycles. The molecule has 0 amide bonds. The summed E-state index contributed by atoms with van der Waals surface area (Å²) in [4.78, 5) is 14.1. The molecule has 1 aliphatic carbocycles. The molecule has 2 aliphatic rings. The summed E-state index contributed by atoms with van der Waals surface area (Å²) in [6.45, 7) is 3.85. The van der Waals surface area contributed by atoms with Crippen LogP contribution in [0.25, 0.3) is 11.2 Å². The lowest BCUT2D eigenvalue weighted by Gasteiger charge is -2.33. The fraction of sp³-hybridized carbons (Fsp3) is 0.688. The maximum absolute atomic E-state index is 13.2. The molecule has 4 rings (SSSR count). The van der Waals surface area contributed by atoms with Crippen LogP contribution in [0.2, 0.25) is 0 Å². The van der Waals surface area contributed by atoms with Gasteiger partial charge in [-0.05, 0) is 32.6 Å². The minimum absolute atomic E-state index is 0.0879. The van der Waals surface area contributed by atoms with E-state index in [9.17, 15) is 13.2 Å². The van der Waals surface area contributed by atoms with Crippen LogP contribution in [0.4, 0.5) is 19.0 Å². The summed E-state index contributed by atoms with van der Waals surface area (Å²) in [6.07, 6.45) is 2.20. The fourth-order valence-electron chi connectivity index (χ4n) is 3.31. The van der Waals surface area contributed by atoms with E-state index in [0.29, 0.717) is 5.52 Å². The highest BCUT2D eigenvalue weighted by molar-refractivity contribution is 5.83. The zero-order valence-corrected chi connectivity index (χ0v) is 14.1. The highest BCUT2D eigenvalue weighted by Gasteiger charge is 2.37. The van der Waals surface area contributed by atoms with Gasteiger partial charge in [0, 0.05) is 19.1 Å². The molecule has 0 radical (unpaired) electrons. The van der Waals surface area contributed by atoms with Crippen molar-refractivity contribution < 1.29 is 13.2 Å². The quantitative estimate of drug-likeness (QED) is 0.912. The van der Waals surface area contributed by atoms with Gasteiger partial charge in [0.1, 0.15) is 0 Å². The van der Waals surface area contributed by atoms with E-state index in [-0.39, 0.29) is 23.7 Å². The number of piperidine rings is 1. The summed E-state index contributed by atoms with van der Waals surface area (Å²) in [7, 11) is 0. The first-order chi connectivity index (χ1) is 11.9.